The third kappa shape index (κ3) is 3.45. The van der Waals surface area contributed by atoms with Crippen LogP contribution >= 0.6 is 11.3 Å². The Morgan fingerprint density at radius 3 is 2.89 bits per heavy atom. The predicted molar refractivity (Wildman–Crippen MR) is 75.3 cm³/mol. The van der Waals surface area contributed by atoms with E-state index >= 15 is 0 Å². The lowest BCUT2D eigenvalue weighted by atomic mass is 10.1. The maximum Gasteiger partial charge on any atom is 0.347 e. The Kier molecular flexibility index (Phi) is 4.76. The van der Waals surface area contributed by atoms with E-state index in [9.17, 15) is 4.79 Å². The van der Waals surface area contributed by atoms with E-state index in [1.165, 1.54) is 17.8 Å². The largest absolute Gasteiger partial charge is 0.477 e. The maximum absolute atomic E-state index is 11.1. The first-order valence-electron chi connectivity index (χ1n) is 6.67. The molecule has 5 nitrogen and oxygen atoms in total. The average Bonchev–Trinajstić information content (AvgIpc) is 2.84. The standard InChI is InChI=1S/C13H20N2O3S/c1-3-10-11(12(16)17)19-13(14-10)15(2)8-9-6-4-5-7-18-9/h9H,3-8H2,1-2H3,(H,16,17). The summed E-state index contributed by atoms with van der Waals surface area (Å²) in [4.78, 5) is 17.9. The van der Waals surface area contributed by atoms with E-state index in [1.54, 1.807) is 0 Å². The van der Waals surface area contributed by atoms with Crippen LogP contribution in [0.15, 0.2) is 0 Å². The number of aromatic nitrogens is 1. The van der Waals surface area contributed by atoms with Gasteiger partial charge in [-0.15, -0.1) is 0 Å². The molecule has 2 heterocycles. The van der Waals surface area contributed by atoms with Crippen LogP contribution in [0.5, 0.6) is 0 Å². The molecular weight excluding hydrogens is 264 g/mol. The van der Waals surface area contributed by atoms with Crippen molar-refractivity contribution < 1.29 is 14.6 Å². The number of carboxylic acid groups (broad SMARTS) is 1. The molecule has 1 atom stereocenters. The first kappa shape index (κ1) is 14.3. The van der Waals surface area contributed by atoms with Gasteiger partial charge in [0.15, 0.2) is 5.13 Å². The summed E-state index contributed by atoms with van der Waals surface area (Å²) in [5.74, 6) is -0.886. The molecule has 2 rings (SSSR count). The van der Waals surface area contributed by atoms with Crippen LogP contribution in [0.4, 0.5) is 5.13 Å². The zero-order valence-electron chi connectivity index (χ0n) is 11.4. The van der Waals surface area contributed by atoms with Gasteiger partial charge in [-0.1, -0.05) is 18.3 Å². The van der Waals surface area contributed by atoms with Crippen molar-refractivity contribution in [2.75, 3.05) is 25.1 Å². The Morgan fingerprint density at radius 2 is 2.37 bits per heavy atom. The van der Waals surface area contributed by atoms with Gasteiger partial charge in [0.2, 0.25) is 0 Å². The van der Waals surface area contributed by atoms with Gasteiger partial charge in [-0.3, -0.25) is 0 Å². The van der Waals surface area contributed by atoms with E-state index in [0.717, 1.165) is 31.1 Å². The van der Waals surface area contributed by atoms with E-state index in [4.69, 9.17) is 9.84 Å². The number of likely N-dealkylation sites (N-methyl/N-ethyl adjacent to an activating group) is 1. The van der Waals surface area contributed by atoms with Gasteiger partial charge in [0.1, 0.15) is 4.88 Å². The molecule has 1 aliphatic rings. The molecule has 6 heteroatoms. The van der Waals surface area contributed by atoms with Crippen LogP contribution in [-0.2, 0) is 11.2 Å². The van der Waals surface area contributed by atoms with Crippen LogP contribution in [0.3, 0.4) is 0 Å². The lowest BCUT2D eigenvalue weighted by Crippen LogP contribution is -2.33. The van der Waals surface area contributed by atoms with Gasteiger partial charge in [0, 0.05) is 20.2 Å². The molecular formula is C13H20N2O3S. The number of carboxylic acids is 1. The van der Waals surface area contributed by atoms with Gasteiger partial charge >= 0.3 is 5.97 Å². The highest BCUT2D eigenvalue weighted by atomic mass is 32.1. The van der Waals surface area contributed by atoms with E-state index < -0.39 is 5.97 Å². The van der Waals surface area contributed by atoms with Crippen LogP contribution in [0.25, 0.3) is 0 Å². The highest BCUT2D eigenvalue weighted by molar-refractivity contribution is 7.17. The predicted octanol–water partition coefficient (Wildman–Crippen LogP) is 2.41. The first-order chi connectivity index (χ1) is 9.11. The Bertz CT molecular complexity index is 441. The lowest BCUT2D eigenvalue weighted by Gasteiger charge is -2.27. The highest BCUT2D eigenvalue weighted by Gasteiger charge is 2.21. The maximum atomic E-state index is 11.1. The van der Waals surface area contributed by atoms with Crippen LogP contribution in [0, 0.1) is 0 Å². The molecule has 0 aliphatic carbocycles. The fourth-order valence-corrected chi connectivity index (χ4v) is 3.21. The van der Waals surface area contributed by atoms with Crippen LogP contribution < -0.4 is 4.90 Å². The Morgan fingerprint density at radius 1 is 1.58 bits per heavy atom. The molecule has 0 bridgehead atoms. The van der Waals surface area contributed by atoms with Crippen molar-refractivity contribution in [3.63, 3.8) is 0 Å². The summed E-state index contributed by atoms with van der Waals surface area (Å²) < 4.78 is 5.70. The van der Waals surface area contributed by atoms with E-state index in [0.29, 0.717) is 17.0 Å². The quantitative estimate of drug-likeness (QED) is 0.899. The van der Waals surface area contributed by atoms with E-state index in [2.05, 4.69) is 4.98 Å². The number of nitrogens with zero attached hydrogens (tertiary/aromatic N) is 2. The normalized spacial score (nSPS) is 19.4. The van der Waals surface area contributed by atoms with Crippen LogP contribution in [0.1, 0.15) is 41.6 Å². The molecule has 106 valence electrons. The molecule has 1 aliphatic heterocycles. The summed E-state index contributed by atoms with van der Waals surface area (Å²) in [7, 11) is 1.95. The number of rotatable bonds is 5. The molecule has 1 aromatic heterocycles. The third-order valence-corrected chi connectivity index (χ3v) is 4.49. The number of anilines is 1. The monoisotopic (exact) mass is 284 g/mol. The summed E-state index contributed by atoms with van der Waals surface area (Å²) in [6, 6.07) is 0. The number of hydrogen-bond donors (Lipinski definition) is 1. The van der Waals surface area contributed by atoms with Gasteiger partial charge in [0.25, 0.3) is 0 Å². The second kappa shape index (κ2) is 6.34. The summed E-state index contributed by atoms with van der Waals surface area (Å²) in [6.07, 6.45) is 4.30. The van der Waals surface area contributed by atoms with Crippen molar-refractivity contribution in [1.29, 1.82) is 0 Å². The topological polar surface area (TPSA) is 62.7 Å². The molecule has 1 N–H and O–H groups in total. The molecule has 0 radical (unpaired) electrons. The van der Waals surface area contributed by atoms with Crippen molar-refractivity contribution in [2.24, 2.45) is 0 Å². The Balaban J connectivity index is 2.05. The van der Waals surface area contributed by atoms with E-state index in [1.807, 2.05) is 18.9 Å². The van der Waals surface area contributed by atoms with Gasteiger partial charge < -0.3 is 14.7 Å². The fraction of sp³-hybridized carbons (Fsp3) is 0.692. The molecule has 1 unspecified atom stereocenters. The minimum absolute atomic E-state index is 0.237. The van der Waals surface area contributed by atoms with Crippen molar-refractivity contribution in [3.8, 4) is 0 Å². The van der Waals surface area contributed by atoms with E-state index in [-0.39, 0.29) is 6.10 Å². The second-order valence-corrected chi connectivity index (χ2v) is 5.78. The van der Waals surface area contributed by atoms with Gasteiger partial charge in [-0.25, -0.2) is 9.78 Å². The minimum Gasteiger partial charge on any atom is -0.477 e. The number of thiazole rings is 1. The summed E-state index contributed by atoms with van der Waals surface area (Å²) in [5, 5.41) is 9.91. The zero-order chi connectivity index (χ0) is 13.8. The molecule has 19 heavy (non-hydrogen) atoms. The summed E-state index contributed by atoms with van der Waals surface area (Å²) >= 11 is 1.25. The average molecular weight is 284 g/mol. The lowest BCUT2D eigenvalue weighted by molar-refractivity contribution is 0.0216. The van der Waals surface area contributed by atoms with Gasteiger partial charge in [0.05, 0.1) is 11.8 Å². The number of carbonyl (C=O) groups is 1. The molecule has 1 saturated heterocycles. The van der Waals surface area contributed by atoms with Crippen molar-refractivity contribution >= 4 is 22.4 Å². The Hall–Kier alpha value is -1.14. The van der Waals surface area contributed by atoms with Gasteiger partial charge in [-0.05, 0) is 25.7 Å². The number of aryl methyl sites for hydroxylation is 1. The molecule has 1 aromatic rings. The SMILES string of the molecule is CCc1nc(N(C)CC2CCCCO2)sc1C(=O)O. The molecule has 0 saturated carbocycles. The minimum atomic E-state index is -0.886. The molecule has 0 spiro atoms. The number of aromatic carboxylic acids is 1. The molecule has 1 fully saturated rings. The van der Waals surface area contributed by atoms with Crippen molar-refractivity contribution in [2.45, 2.75) is 38.7 Å². The number of hydrogen-bond acceptors (Lipinski definition) is 5. The van der Waals surface area contributed by atoms with Crippen LogP contribution in [-0.4, -0.2) is 42.4 Å². The zero-order valence-corrected chi connectivity index (χ0v) is 12.2. The van der Waals surface area contributed by atoms with Crippen molar-refractivity contribution in [1.82, 2.24) is 4.98 Å². The highest BCUT2D eigenvalue weighted by Crippen LogP contribution is 2.27. The smallest absolute Gasteiger partial charge is 0.347 e. The molecule has 0 amide bonds. The Labute approximate surface area is 117 Å². The van der Waals surface area contributed by atoms with Crippen LogP contribution in [0.2, 0.25) is 0 Å². The summed E-state index contributed by atoms with van der Waals surface area (Å²) in [5.41, 5.74) is 0.670. The molecule has 0 aromatic carbocycles. The van der Waals surface area contributed by atoms with Crippen molar-refractivity contribution in [3.05, 3.63) is 10.6 Å². The fourth-order valence-electron chi connectivity index (χ4n) is 2.24. The number of ether oxygens (including phenoxy) is 1. The second-order valence-electron chi connectivity index (χ2n) is 4.80. The third-order valence-electron chi connectivity index (χ3n) is 3.29. The van der Waals surface area contributed by atoms with Gasteiger partial charge in [-0.2, -0.15) is 0 Å². The first-order valence-corrected chi connectivity index (χ1v) is 7.49. The summed E-state index contributed by atoms with van der Waals surface area (Å²) in [6.45, 7) is 3.53.